The fraction of sp³-hybridized carbons (Fsp3) is 0.600. The average molecular weight is 201 g/mol. The predicted octanol–water partition coefficient (Wildman–Crippen LogP) is 0.601. The Morgan fingerprint density at radius 1 is 1.00 bits per heavy atom. The highest BCUT2D eigenvalue weighted by molar-refractivity contribution is 4.59. The number of hydrogen-bond donors (Lipinski definition) is 1. The molecule has 0 spiro atoms. The summed E-state index contributed by atoms with van der Waals surface area (Å²) in [5.74, 6) is 0. The van der Waals surface area contributed by atoms with Gasteiger partial charge >= 0.3 is 0 Å². The highest BCUT2D eigenvalue weighted by Gasteiger charge is 2.03. The molecule has 1 N–H and O–H groups in total. The van der Waals surface area contributed by atoms with Crippen LogP contribution >= 0.6 is 0 Å². The fourth-order valence-electron chi connectivity index (χ4n) is 1.01. The second-order valence-electron chi connectivity index (χ2n) is 2.64. The molecule has 0 radical (unpaired) electrons. The molecule has 4 heteroatoms. The number of hydrogen-bond acceptors (Lipinski definition) is 4. The van der Waals surface area contributed by atoms with Crippen molar-refractivity contribution >= 4 is 0 Å². The van der Waals surface area contributed by atoms with Gasteiger partial charge in [0.05, 0.1) is 32.3 Å². The summed E-state index contributed by atoms with van der Waals surface area (Å²) < 4.78 is 9.99. The van der Waals surface area contributed by atoms with Crippen molar-refractivity contribution in [3.8, 4) is 0 Å². The Labute approximate surface area is 85.4 Å². The quantitative estimate of drug-likeness (QED) is 0.415. The van der Waals surface area contributed by atoms with Gasteiger partial charge in [0.15, 0.2) is 0 Å². The summed E-state index contributed by atoms with van der Waals surface area (Å²) in [7, 11) is 0. The van der Waals surface area contributed by atoms with Crippen molar-refractivity contribution in [1.82, 2.24) is 4.90 Å². The third-order valence-corrected chi connectivity index (χ3v) is 1.70. The summed E-state index contributed by atoms with van der Waals surface area (Å²) in [6.07, 6.45) is 2.83. The summed E-state index contributed by atoms with van der Waals surface area (Å²) in [6, 6.07) is 0. The molecule has 0 aliphatic carbocycles. The monoisotopic (exact) mass is 201 g/mol. The maximum absolute atomic E-state index is 8.79. The molecule has 0 fully saturated rings. The van der Waals surface area contributed by atoms with E-state index in [2.05, 4.69) is 13.2 Å². The van der Waals surface area contributed by atoms with Crippen molar-refractivity contribution in [3.05, 3.63) is 25.7 Å². The first kappa shape index (κ1) is 13.0. The van der Waals surface area contributed by atoms with E-state index in [0.717, 1.165) is 13.1 Å². The van der Waals surface area contributed by atoms with Crippen LogP contribution in [0.15, 0.2) is 25.7 Å². The molecule has 4 nitrogen and oxygen atoms in total. The zero-order valence-corrected chi connectivity index (χ0v) is 8.52. The zero-order valence-electron chi connectivity index (χ0n) is 8.52. The Bertz CT molecular complexity index is 136. The van der Waals surface area contributed by atoms with Gasteiger partial charge in [-0.25, -0.2) is 0 Å². The summed E-state index contributed by atoms with van der Waals surface area (Å²) in [6.45, 7) is 10.3. The van der Waals surface area contributed by atoms with E-state index in [4.69, 9.17) is 14.6 Å². The highest BCUT2D eigenvalue weighted by Crippen LogP contribution is 1.89. The van der Waals surface area contributed by atoms with Gasteiger partial charge in [0.2, 0.25) is 0 Å². The van der Waals surface area contributed by atoms with Crippen LogP contribution in [0.5, 0.6) is 0 Å². The van der Waals surface area contributed by atoms with Crippen molar-refractivity contribution in [2.45, 2.75) is 0 Å². The molecule has 0 aliphatic rings. The molecule has 0 heterocycles. The molecule has 0 aromatic rings. The molecule has 82 valence electrons. The maximum atomic E-state index is 8.79. The summed E-state index contributed by atoms with van der Waals surface area (Å²) in [4.78, 5) is 2.05. The molecule has 0 atom stereocenters. The minimum Gasteiger partial charge on any atom is -0.500 e. The van der Waals surface area contributed by atoms with Crippen molar-refractivity contribution in [3.63, 3.8) is 0 Å². The van der Waals surface area contributed by atoms with E-state index in [0.29, 0.717) is 19.8 Å². The molecule has 14 heavy (non-hydrogen) atoms. The van der Waals surface area contributed by atoms with Gasteiger partial charge < -0.3 is 14.6 Å². The van der Waals surface area contributed by atoms with E-state index in [1.807, 2.05) is 4.90 Å². The SMILES string of the molecule is C=COCCN(CCO)CCOC=C. The van der Waals surface area contributed by atoms with Gasteiger partial charge in [0, 0.05) is 19.6 Å². The molecular weight excluding hydrogens is 182 g/mol. The van der Waals surface area contributed by atoms with E-state index >= 15 is 0 Å². The van der Waals surface area contributed by atoms with E-state index in [-0.39, 0.29) is 6.61 Å². The smallest absolute Gasteiger partial charge is 0.0999 e. The van der Waals surface area contributed by atoms with Crippen LogP contribution in [-0.4, -0.2) is 49.5 Å². The second-order valence-corrected chi connectivity index (χ2v) is 2.64. The zero-order chi connectivity index (χ0) is 10.6. The molecule has 0 aromatic carbocycles. The molecule has 0 amide bonds. The summed E-state index contributed by atoms with van der Waals surface area (Å²) in [5.41, 5.74) is 0. The standard InChI is InChI=1S/C10H19NO3/c1-3-13-9-6-11(5-8-12)7-10-14-4-2/h3-4,12H,1-2,5-10H2. The van der Waals surface area contributed by atoms with Gasteiger partial charge in [0.25, 0.3) is 0 Å². The van der Waals surface area contributed by atoms with Gasteiger partial charge in [0.1, 0.15) is 0 Å². The number of ether oxygens (including phenoxy) is 2. The molecule has 0 unspecified atom stereocenters. The minimum atomic E-state index is 0.141. The van der Waals surface area contributed by atoms with Crippen LogP contribution in [0.3, 0.4) is 0 Å². The van der Waals surface area contributed by atoms with Gasteiger partial charge in [-0.2, -0.15) is 0 Å². The summed E-state index contributed by atoms with van der Waals surface area (Å²) in [5, 5.41) is 8.79. The van der Waals surface area contributed by atoms with E-state index in [1.165, 1.54) is 12.5 Å². The Morgan fingerprint density at radius 3 is 1.86 bits per heavy atom. The highest BCUT2D eigenvalue weighted by atomic mass is 16.5. The Balaban J connectivity index is 3.53. The van der Waals surface area contributed by atoms with Crippen LogP contribution in [0, 0.1) is 0 Å². The van der Waals surface area contributed by atoms with Gasteiger partial charge in [-0.1, -0.05) is 13.2 Å². The van der Waals surface area contributed by atoms with Crippen LogP contribution in [0.1, 0.15) is 0 Å². The lowest BCUT2D eigenvalue weighted by atomic mass is 10.4. The Morgan fingerprint density at radius 2 is 1.50 bits per heavy atom. The van der Waals surface area contributed by atoms with Crippen LogP contribution in [0.25, 0.3) is 0 Å². The lowest BCUT2D eigenvalue weighted by molar-refractivity contribution is 0.124. The van der Waals surface area contributed by atoms with Gasteiger partial charge in [-0.05, 0) is 0 Å². The summed E-state index contributed by atoms with van der Waals surface area (Å²) >= 11 is 0. The predicted molar refractivity (Wildman–Crippen MR) is 55.8 cm³/mol. The normalized spacial score (nSPS) is 9.86. The van der Waals surface area contributed by atoms with Crippen LogP contribution in [-0.2, 0) is 9.47 Å². The van der Waals surface area contributed by atoms with Crippen LogP contribution in [0.4, 0.5) is 0 Å². The van der Waals surface area contributed by atoms with Crippen molar-refractivity contribution in [2.24, 2.45) is 0 Å². The van der Waals surface area contributed by atoms with Crippen LogP contribution < -0.4 is 0 Å². The van der Waals surface area contributed by atoms with Crippen molar-refractivity contribution < 1.29 is 14.6 Å². The van der Waals surface area contributed by atoms with Crippen LogP contribution in [0.2, 0.25) is 0 Å². The lowest BCUT2D eigenvalue weighted by Crippen LogP contribution is -2.33. The average Bonchev–Trinajstić information content (AvgIpc) is 2.18. The largest absolute Gasteiger partial charge is 0.500 e. The third kappa shape index (κ3) is 7.64. The minimum absolute atomic E-state index is 0.141. The third-order valence-electron chi connectivity index (χ3n) is 1.70. The van der Waals surface area contributed by atoms with Gasteiger partial charge in [-0.3, -0.25) is 4.90 Å². The fourth-order valence-corrected chi connectivity index (χ4v) is 1.01. The Hall–Kier alpha value is -1.00. The van der Waals surface area contributed by atoms with Crippen molar-refractivity contribution in [1.29, 1.82) is 0 Å². The second kappa shape index (κ2) is 10.1. The maximum Gasteiger partial charge on any atom is 0.0999 e. The van der Waals surface area contributed by atoms with E-state index in [9.17, 15) is 0 Å². The van der Waals surface area contributed by atoms with E-state index in [1.54, 1.807) is 0 Å². The molecule has 0 rings (SSSR count). The molecule has 0 aromatic heterocycles. The topological polar surface area (TPSA) is 41.9 Å². The first-order valence-corrected chi connectivity index (χ1v) is 4.63. The van der Waals surface area contributed by atoms with Gasteiger partial charge in [-0.15, -0.1) is 0 Å². The number of aliphatic hydroxyl groups is 1. The molecule has 0 aliphatic heterocycles. The molecular formula is C10H19NO3. The number of rotatable bonds is 10. The van der Waals surface area contributed by atoms with E-state index < -0.39 is 0 Å². The molecule has 0 saturated carbocycles. The first-order chi connectivity index (χ1) is 6.85. The molecule has 0 bridgehead atoms. The number of aliphatic hydroxyl groups excluding tert-OH is 1. The molecule has 0 saturated heterocycles. The Kier molecular flexibility index (Phi) is 9.36. The lowest BCUT2D eigenvalue weighted by Gasteiger charge is -2.20. The number of nitrogens with zero attached hydrogens (tertiary/aromatic N) is 1. The first-order valence-electron chi connectivity index (χ1n) is 4.63. The van der Waals surface area contributed by atoms with Crippen molar-refractivity contribution in [2.75, 3.05) is 39.5 Å².